The minimum atomic E-state index is -0.717. The Morgan fingerprint density at radius 3 is 2.82 bits per heavy atom. The standard InChI is InChI=1S/C10H11ClN2O4/c1-6(14)5-12-10(15)8-3-2-7(11)4-9(8)13(16)17/h2-4,6,14H,5H2,1H3,(H,12,15). The number of carbonyl (C=O) groups is 1. The third kappa shape index (κ3) is 3.69. The molecule has 7 heteroatoms. The highest BCUT2D eigenvalue weighted by Crippen LogP contribution is 2.22. The van der Waals surface area contributed by atoms with E-state index >= 15 is 0 Å². The number of nitro benzene ring substituents is 1. The van der Waals surface area contributed by atoms with Gasteiger partial charge in [-0.15, -0.1) is 0 Å². The fraction of sp³-hybridized carbons (Fsp3) is 0.300. The largest absolute Gasteiger partial charge is 0.392 e. The van der Waals surface area contributed by atoms with Crippen LogP contribution in [-0.2, 0) is 0 Å². The molecule has 0 heterocycles. The van der Waals surface area contributed by atoms with Crippen LogP contribution in [0.4, 0.5) is 5.69 Å². The minimum Gasteiger partial charge on any atom is -0.392 e. The Balaban J connectivity index is 2.96. The van der Waals surface area contributed by atoms with Crippen LogP contribution >= 0.6 is 11.6 Å². The lowest BCUT2D eigenvalue weighted by Gasteiger charge is -2.07. The van der Waals surface area contributed by atoms with Crippen LogP contribution < -0.4 is 5.32 Å². The van der Waals surface area contributed by atoms with E-state index in [1.165, 1.54) is 19.1 Å². The maximum Gasteiger partial charge on any atom is 0.283 e. The molecular weight excluding hydrogens is 248 g/mol. The number of benzene rings is 1. The van der Waals surface area contributed by atoms with Crippen LogP contribution in [0.2, 0.25) is 5.02 Å². The van der Waals surface area contributed by atoms with Crippen molar-refractivity contribution >= 4 is 23.2 Å². The number of hydrogen-bond acceptors (Lipinski definition) is 4. The van der Waals surface area contributed by atoms with E-state index in [2.05, 4.69) is 5.32 Å². The van der Waals surface area contributed by atoms with Crippen LogP contribution in [0.3, 0.4) is 0 Å². The summed E-state index contributed by atoms with van der Waals surface area (Å²) in [5.41, 5.74) is -0.444. The average Bonchev–Trinajstić information content (AvgIpc) is 2.25. The number of halogens is 1. The number of nitrogens with zero attached hydrogens (tertiary/aromatic N) is 1. The molecule has 17 heavy (non-hydrogen) atoms. The van der Waals surface area contributed by atoms with Crippen LogP contribution in [0.25, 0.3) is 0 Å². The summed E-state index contributed by atoms with van der Waals surface area (Å²) < 4.78 is 0. The molecule has 0 aliphatic heterocycles. The number of aliphatic hydroxyl groups is 1. The predicted octanol–water partition coefficient (Wildman–Crippen LogP) is 1.36. The summed E-state index contributed by atoms with van der Waals surface area (Å²) in [6.45, 7) is 1.52. The van der Waals surface area contributed by atoms with Crippen molar-refractivity contribution in [3.63, 3.8) is 0 Å². The van der Waals surface area contributed by atoms with E-state index in [-0.39, 0.29) is 22.8 Å². The van der Waals surface area contributed by atoms with Gasteiger partial charge in [0.15, 0.2) is 0 Å². The number of nitro groups is 1. The highest BCUT2D eigenvalue weighted by molar-refractivity contribution is 6.31. The number of nitrogens with one attached hydrogen (secondary N) is 1. The topological polar surface area (TPSA) is 92.5 Å². The van der Waals surface area contributed by atoms with Crippen molar-refractivity contribution in [1.82, 2.24) is 5.32 Å². The lowest BCUT2D eigenvalue weighted by Crippen LogP contribution is -2.30. The summed E-state index contributed by atoms with van der Waals surface area (Å²) in [4.78, 5) is 21.7. The first kappa shape index (κ1) is 13.4. The number of carbonyl (C=O) groups excluding carboxylic acids is 1. The summed E-state index contributed by atoms with van der Waals surface area (Å²) in [6, 6.07) is 3.78. The van der Waals surface area contributed by atoms with Crippen molar-refractivity contribution in [1.29, 1.82) is 0 Å². The van der Waals surface area contributed by atoms with Gasteiger partial charge in [0.25, 0.3) is 11.6 Å². The third-order valence-corrected chi connectivity index (χ3v) is 2.19. The Bertz CT molecular complexity index is 448. The predicted molar refractivity (Wildman–Crippen MR) is 62.1 cm³/mol. The van der Waals surface area contributed by atoms with Gasteiger partial charge in [0, 0.05) is 17.6 Å². The van der Waals surface area contributed by atoms with Crippen molar-refractivity contribution in [2.24, 2.45) is 0 Å². The normalized spacial score (nSPS) is 11.9. The van der Waals surface area contributed by atoms with Crippen molar-refractivity contribution in [2.45, 2.75) is 13.0 Å². The van der Waals surface area contributed by atoms with Gasteiger partial charge in [0.05, 0.1) is 11.0 Å². The molecule has 0 saturated heterocycles. The van der Waals surface area contributed by atoms with E-state index in [1.54, 1.807) is 0 Å². The monoisotopic (exact) mass is 258 g/mol. The summed E-state index contributed by atoms with van der Waals surface area (Å²) in [5.74, 6) is -0.616. The molecule has 1 amide bonds. The Morgan fingerprint density at radius 1 is 1.65 bits per heavy atom. The number of aliphatic hydroxyl groups excluding tert-OH is 1. The molecule has 0 fully saturated rings. The summed E-state index contributed by atoms with van der Waals surface area (Å²) in [6.07, 6.45) is -0.717. The molecule has 2 N–H and O–H groups in total. The molecule has 0 aliphatic rings. The highest BCUT2D eigenvalue weighted by Gasteiger charge is 2.20. The molecule has 1 unspecified atom stereocenters. The maximum atomic E-state index is 11.6. The summed E-state index contributed by atoms with van der Waals surface area (Å²) >= 11 is 5.62. The van der Waals surface area contributed by atoms with Crippen LogP contribution in [-0.4, -0.2) is 28.6 Å². The summed E-state index contributed by atoms with van der Waals surface area (Å²) in [5, 5.41) is 22.3. The number of amides is 1. The molecule has 6 nitrogen and oxygen atoms in total. The van der Waals surface area contributed by atoms with Crippen molar-refractivity contribution in [3.05, 3.63) is 38.9 Å². The molecule has 1 rings (SSSR count). The molecule has 0 radical (unpaired) electrons. The minimum absolute atomic E-state index is 0.0264. The second-order valence-corrected chi connectivity index (χ2v) is 3.91. The van der Waals surface area contributed by atoms with Gasteiger partial charge < -0.3 is 10.4 Å². The van der Waals surface area contributed by atoms with Crippen molar-refractivity contribution in [2.75, 3.05) is 6.54 Å². The second kappa shape index (κ2) is 5.60. The highest BCUT2D eigenvalue weighted by atomic mass is 35.5. The van der Waals surface area contributed by atoms with Crippen LogP contribution in [0.15, 0.2) is 18.2 Å². The van der Waals surface area contributed by atoms with Gasteiger partial charge in [0.1, 0.15) is 5.56 Å². The first-order valence-electron chi connectivity index (χ1n) is 4.82. The fourth-order valence-corrected chi connectivity index (χ4v) is 1.35. The lowest BCUT2D eigenvalue weighted by atomic mass is 10.1. The van der Waals surface area contributed by atoms with Gasteiger partial charge in [-0.3, -0.25) is 14.9 Å². The van der Waals surface area contributed by atoms with Crippen LogP contribution in [0.1, 0.15) is 17.3 Å². The van der Waals surface area contributed by atoms with E-state index in [4.69, 9.17) is 16.7 Å². The van der Waals surface area contributed by atoms with E-state index in [1.807, 2.05) is 0 Å². The molecule has 1 aromatic rings. The molecule has 0 spiro atoms. The first-order chi connectivity index (χ1) is 7.91. The summed E-state index contributed by atoms with van der Waals surface area (Å²) in [7, 11) is 0. The molecule has 0 aromatic heterocycles. The van der Waals surface area contributed by atoms with Gasteiger partial charge in [-0.05, 0) is 19.1 Å². The molecule has 0 aliphatic carbocycles. The van der Waals surface area contributed by atoms with Crippen LogP contribution in [0, 0.1) is 10.1 Å². The van der Waals surface area contributed by atoms with Gasteiger partial charge in [-0.2, -0.15) is 0 Å². The Morgan fingerprint density at radius 2 is 2.29 bits per heavy atom. The van der Waals surface area contributed by atoms with E-state index in [0.717, 1.165) is 6.07 Å². The van der Waals surface area contributed by atoms with Gasteiger partial charge in [-0.25, -0.2) is 0 Å². The molecule has 0 bridgehead atoms. The lowest BCUT2D eigenvalue weighted by molar-refractivity contribution is -0.385. The van der Waals surface area contributed by atoms with Crippen LogP contribution in [0.5, 0.6) is 0 Å². The van der Waals surface area contributed by atoms with Gasteiger partial charge in [0.2, 0.25) is 0 Å². The first-order valence-corrected chi connectivity index (χ1v) is 5.20. The molecule has 1 aromatic carbocycles. The Kier molecular flexibility index (Phi) is 4.42. The van der Waals surface area contributed by atoms with Gasteiger partial charge in [-0.1, -0.05) is 11.6 Å². The zero-order chi connectivity index (χ0) is 13.0. The third-order valence-electron chi connectivity index (χ3n) is 1.96. The van der Waals surface area contributed by atoms with Gasteiger partial charge >= 0.3 is 0 Å². The molecular formula is C10H11ClN2O4. The second-order valence-electron chi connectivity index (χ2n) is 3.48. The number of rotatable bonds is 4. The molecule has 1 atom stereocenters. The van der Waals surface area contributed by atoms with E-state index < -0.39 is 16.9 Å². The smallest absolute Gasteiger partial charge is 0.283 e. The maximum absolute atomic E-state index is 11.6. The quantitative estimate of drug-likeness (QED) is 0.630. The zero-order valence-electron chi connectivity index (χ0n) is 9.01. The molecule has 92 valence electrons. The zero-order valence-corrected chi connectivity index (χ0v) is 9.77. The average molecular weight is 259 g/mol. The number of hydrogen-bond donors (Lipinski definition) is 2. The SMILES string of the molecule is CC(O)CNC(=O)c1ccc(Cl)cc1[N+](=O)[O-]. The Hall–Kier alpha value is -1.66. The Labute approximate surface area is 102 Å². The van der Waals surface area contributed by atoms with Crippen molar-refractivity contribution < 1.29 is 14.8 Å². The van der Waals surface area contributed by atoms with E-state index in [0.29, 0.717) is 0 Å². The fourth-order valence-electron chi connectivity index (χ4n) is 1.18. The molecule has 0 saturated carbocycles. The van der Waals surface area contributed by atoms with Crippen molar-refractivity contribution in [3.8, 4) is 0 Å². The van der Waals surface area contributed by atoms with E-state index in [9.17, 15) is 14.9 Å².